The summed E-state index contributed by atoms with van der Waals surface area (Å²) in [6, 6.07) is 30.4. The van der Waals surface area contributed by atoms with Crippen LogP contribution in [0.5, 0.6) is 0 Å². The Labute approximate surface area is 187 Å². The van der Waals surface area contributed by atoms with Crippen LogP contribution in [0.25, 0.3) is 38.8 Å². The van der Waals surface area contributed by atoms with Crippen molar-refractivity contribution >= 4 is 21.8 Å². The van der Waals surface area contributed by atoms with E-state index in [1.807, 2.05) is 0 Å². The number of pyridine rings is 1. The first-order valence-corrected chi connectivity index (χ1v) is 11.9. The van der Waals surface area contributed by atoms with E-state index in [-0.39, 0.29) is 0 Å². The van der Waals surface area contributed by atoms with Crippen molar-refractivity contribution in [3.63, 3.8) is 0 Å². The first kappa shape index (κ1) is 17.1. The second kappa shape index (κ2) is 6.04. The molecule has 2 heteroatoms. The summed E-state index contributed by atoms with van der Waals surface area (Å²) in [5.41, 5.74) is 8.10. The third kappa shape index (κ3) is 2.05. The van der Waals surface area contributed by atoms with Gasteiger partial charge >= 0.3 is 5.82 Å². The predicted molar refractivity (Wildman–Crippen MR) is 125 cm³/mol. The minimum absolute atomic E-state index is 0.630. The number of hydrogen-bond acceptors (Lipinski definition) is 0. The molecule has 2 unspecified atom stereocenters. The van der Waals surface area contributed by atoms with E-state index in [0.717, 1.165) is 11.5 Å². The van der Waals surface area contributed by atoms with Gasteiger partial charge in [-0.2, -0.15) is 16.2 Å². The number of benzene rings is 3. The molecule has 154 valence electrons. The second-order valence-corrected chi connectivity index (χ2v) is 9.65. The van der Waals surface area contributed by atoms with Gasteiger partial charge in [0, 0.05) is 5.56 Å². The highest BCUT2D eigenvalue weighted by Gasteiger charge is 2.46. The van der Waals surface area contributed by atoms with Gasteiger partial charge in [-0.25, -0.2) is 0 Å². The van der Waals surface area contributed by atoms with Gasteiger partial charge in [0.1, 0.15) is 5.52 Å². The summed E-state index contributed by atoms with van der Waals surface area (Å²) in [7, 11) is 0. The molecular weight excluding hydrogens is 388 g/mol. The maximum atomic E-state index is 3.85. The van der Waals surface area contributed by atoms with Gasteiger partial charge in [-0.1, -0.05) is 49.6 Å². The number of rotatable bonds is 1. The smallest absolute Gasteiger partial charge is 0.266 e. The van der Waals surface area contributed by atoms with Crippen molar-refractivity contribution in [3.8, 4) is 16.9 Å². The first-order chi connectivity index (χ1) is 15.9. The molecule has 0 radical (unpaired) electrons. The normalized spacial score (nSPS) is 20.6. The van der Waals surface area contributed by atoms with Gasteiger partial charge < -0.3 is 0 Å². The van der Waals surface area contributed by atoms with Crippen LogP contribution < -0.4 is 9.13 Å². The molecule has 2 aromatic heterocycles. The molecule has 1 saturated carbocycles. The minimum atomic E-state index is 0.630. The zero-order chi connectivity index (χ0) is 20.8. The molecule has 1 aliphatic heterocycles. The van der Waals surface area contributed by atoms with Crippen LogP contribution in [0.2, 0.25) is 0 Å². The molecule has 0 saturated heterocycles. The molecule has 3 heterocycles. The van der Waals surface area contributed by atoms with Crippen LogP contribution >= 0.6 is 0 Å². The van der Waals surface area contributed by atoms with E-state index in [1.54, 1.807) is 0 Å². The van der Waals surface area contributed by atoms with Gasteiger partial charge in [-0.15, -0.1) is 35.9 Å². The lowest BCUT2D eigenvalue weighted by Crippen LogP contribution is -2.60. The van der Waals surface area contributed by atoms with E-state index >= 15 is 0 Å². The van der Waals surface area contributed by atoms with Crippen LogP contribution in [0.1, 0.15) is 30.4 Å². The maximum absolute atomic E-state index is 3.85. The fourth-order valence-corrected chi connectivity index (χ4v) is 6.76. The third-order valence-electron chi connectivity index (χ3n) is 8.09. The van der Waals surface area contributed by atoms with Gasteiger partial charge in [-0.3, -0.25) is 4.57 Å². The largest absolute Gasteiger partial charge is 0.362 e. The fourth-order valence-electron chi connectivity index (χ4n) is 6.76. The van der Waals surface area contributed by atoms with Gasteiger partial charge in [0.15, 0.2) is 5.52 Å². The van der Waals surface area contributed by atoms with Crippen molar-refractivity contribution in [2.24, 2.45) is 11.8 Å². The zero-order valence-corrected chi connectivity index (χ0v) is 17.9. The molecule has 2 aliphatic carbocycles. The number of nitrogens with zero attached hydrogens (tertiary/aromatic N) is 2. The lowest BCUT2D eigenvalue weighted by molar-refractivity contribution is -0.761. The molecule has 0 N–H and O–H groups in total. The fraction of sp³-hybridized carbons (Fsp3) is 0.200. The molecule has 2 nitrogen and oxygen atoms in total. The minimum Gasteiger partial charge on any atom is -0.266 e. The zero-order valence-electron chi connectivity index (χ0n) is 17.9. The Morgan fingerprint density at radius 3 is 2.72 bits per heavy atom. The molecule has 1 fully saturated rings. The van der Waals surface area contributed by atoms with Crippen LogP contribution in [0.15, 0.2) is 78.9 Å². The Bertz CT molecular complexity index is 1540. The summed E-state index contributed by atoms with van der Waals surface area (Å²) in [5.74, 6) is 2.62. The van der Waals surface area contributed by atoms with Crippen LogP contribution in [-0.2, 0) is 6.42 Å². The first-order valence-electron chi connectivity index (χ1n) is 11.9. The van der Waals surface area contributed by atoms with E-state index in [2.05, 4.69) is 94.2 Å². The molecule has 0 bridgehead atoms. The molecular formula is C30H23N2-. The van der Waals surface area contributed by atoms with Crippen molar-refractivity contribution in [2.75, 3.05) is 0 Å². The van der Waals surface area contributed by atoms with Gasteiger partial charge in [0.2, 0.25) is 0 Å². The van der Waals surface area contributed by atoms with Crippen molar-refractivity contribution in [1.82, 2.24) is 0 Å². The predicted octanol–water partition coefficient (Wildman–Crippen LogP) is 5.46. The lowest BCUT2D eigenvalue weighted by Gasteiger charge is -2.39. The monoisotopic (exact) mass is 411 g/mol. The topological polar surface area (TPSA) is 7.76 Å². The Hall–Kier alpha value is -3.52. The van der Waals surface area contributed by atoms with Crippen molar-refractivity contribution < 1.29 is 9.13 Å². The van der Waals surface area contributed by atoms with E-state index in [1.165, 1.54) is 76.0 Å². The van der Waals surface area contributed by atoms with Crippen molar-refractivity contribution in [2.45, 2.75) is 25.7 Å². The van der Waals surface area contributed by atoms with E-state index in [4.69, 9.17) is 0 Å². The number of fused-ring (bicyclic) bond motifs is 8. The summed E-state index contributed by atoms with van der Waals surface area (Å²) >= 11 is 0. The summed E-state index contributed by atoms with van der Waals surface area (Å²) in [4.78, 5) is 0. The molecule has 5 aromatic rings. The average molecular weight is 412 g/mol. The van der Waals surface area contributed by atoms with Gasteiger partial charge in [-0.05, 0) is 46.7 Å². The quantitative estimate of drug-likeness (QED) is 0.256. The molecule has 2 atom stereocenters. The number of para-hydroxylation sites is 1. The molecule has 0 spiro atoms. The van der Waals surface area contributed by atoms with Crippen molar-refractivity contribution in [3.05, 3.63) is 102 Å². The van der Waals surface area contributed by atoms with Crippen molar-refractivity contribution in [1.29, 1.82) is 0 Å². The highest BCUT2D eigenvalue weighted by molar-refractivity contribution is 6.06. The van der Waals surface area contributed by atoms with Crippen LogP contribution in [0.3, 0.4) is 0 Å². The van der Waals surface area contributed by atoms with E-state index in [0.29, 0.717) is 5.92 Å². The molecule has 3 aromatic carbocycles. The molecule has 32 heavy (non-hydrogen) atoms. The highest BCUT2D eigenvalue weighted by atomic mass is 15.2. The third-order valence-corrected chi connectivity index (χ3v) is 8.09. The second-order valence-electron chi connectivity index (χ2n) is 9.65. The number of aromatic nitrogens is 2. The van der Waals surface area contributed by atoms with E-state index in [9.17, 15) is 0 Å². The molecule has 8 rings (SSSR count). The Balaban J connectivity index is 1.52. The van der Waals surface area contributed by atoms with Crippen LogP contribution in [0, 0.1) is 24.1 Å². The summed E-state index contributed by atoms with van der Waals surface area (Å²) in [6.07, 6.45) is 9.06. The molecule has 0 amide bonds. The van der Waals surface area contributed by atoms with Gasteiger partial charge in [0.05, 0.1) is 12.2 Å². The Morgan fingerprint density at radius 1 is 0.875 bits per heavy atom. The van der Waals surface area contributed by atoms with Crippen LogP contribution in [0.4, 0.5) is 0 Å². The summed E-state index contributed by atoms with van der Waals surface area (Å²) in [5, 5.41) is 2.73. The Kier molecular flexibility index (Phi) is 3.22. The van der Waals surface area contributed by atoms with E-state index < -0.39 is 0 Å². The SMILES string of the molecule is [c-]1c(-c2ccccc2)ccc2[n+]1[C-]1c3c(ccc4c5cccc[c-]5[n+]-2c34)CC2CCCC12. The summed E-state index contributed by atoms with van der Waals surface area (Å²) in [6.45, 7) is 0. The average Bonchev–Trinajstić information content (AvgIpc) is 3.46. The summed E-state index contributed by atoms with van der Waals surface area (Å²) < 4.78 is 4.93. The standard InChI is InChI=1S/C30H23N2/c1-2-7-19(8-3-1)22-14-16-27-31(18-22)29-23-11-6-9-20(23)17-21-13-15-25-24-10-4-5-12-26(24)32(27)30(25)28(21)29/h1-5,7-8,10,12-16,20,23H,6,9,11,17H2/q-1. The van der Waals surface area contributed by atoms with Gasteiger partial charge in [0.25, 0.3) is 0 Å². The molecule has 3 aliphatic rings. The van der Waals surface area contributed by atoms with Crippen LogP contribution in [-0.4, -0.2) is 0 Å². The highest BCUT2D eigenvalue weighted by Crippen LogP contribution is 2.49. The number of hydrogen-bond donors (Lipinski definition) is 0. The maximum Gasteiger partial charge on any atom is 0.362 e. The lowest BCUT2D eigenvalue weighted by atomic mass is 9.73. The Morgan fingerprint density at radius 2 is 1.78 bits per heavy atom.